The van der Waals surface area contributed by atoms with E-state index in [1.54, 1.807) is 24.0 Å². The van der Waals surface area contributed by atoms with Crippen molar-refractivity contribution in [2.24, 2.45) is 5.92 Å². The molecule has 0 atom stereocenters. The number of piperidine rings is 1. The third kappa shape index (κ3) is 5.56. The molecule has 0 radical (unpaired) electrons. The van der Waals surface area contributed by atoms with E-state index in [-0.39, 0.29) is 5.91 Å². The smallest absolute Gasteiger partial charge is 0.251 e. The van der Waals surface area contributed by atoms with Crippen molar-refractivity contribution in [3.8, 4) is 0 Å². The molecule has 1 aliphatic rings. The lowest BCUT2D eigenvalue weighted by Gasteiger charge is -2.31. The van der Waals surface area contributed by atoms with E-state index in [2.05, 4.69) is 39.6 Å². The van der Waals surface area contributed by atoms with Crippen LogP contribution in [0.4, 0.5) is 0 Å². The molecule has 0 bridgehead atoms. The first-order chi connectivity index (χ1) is 12.2. The molecular formula is C19H25N3OS2. The van der Waals surface area contributed by atoms with Gasteiger partial charge in [-0.3, -0.25) is 9.69 Å². The number of pyridine rings is 1. The summed E-state index contributed by atoms with van der Waals surface area (Å²) in [6.07, 6.45) is 4.02. The average Bonchev–Trinajstić information content (AvgIpc) is 3.14. The van der Waals surface area contributed by atoms with Gasteiger partial charge in [-0.1, -0.05) is 13.0 Å². The van der Waals surface area contributed by atoms with Crippen molar-refractivity contribution in [1.82, 2.24) is 15.2 Å². The van der Waals surface area contributed by atoms with Gasteiger partial charge >= 0.3 is 0 Å². The Balaban J connectivity index is 1.42. The zero-order valence-electron chi connectivity index (χ0n) is 14.6. The van der Waals surface area contributed by atoms with Crippen LogP contribution in [0.1, 0.15) is 35.0 Å². The van der Waals surface area contributed by atoms with Gasteiger partial charge in [0.1, 0.15) is 0 Å². The lowest BCUT2D eigenvalue weighted by atomic mass is 9.96. The van der Waals surface area contributed by atoms with Gasteiger partial charge in [0.2, 0.25) is 0 Å². The molecule has 4 nitrogen and oxygen atoms in total. The number of amides is 1. The maximum absolute atomic E-state index is 12.4. The van der Waals surface area contributed by atoms with Crippen LogP contribution < -0.4 is 5.32 Å². The third-order valence-corrected chi connectivity index (χ3v) is 6.18. The third-order valence-electron chi connectivity index (χ3n) is 4.51. The topological polar surface area (TPSA) is 45.2 Å². The van der Waals surface area contributed by atoms with Crippen LogP contribution in [0.2, 0.25) is 0 Å². The van der Waals surface area contributed by atoms with Crippen molar-refractivity contribution >= 4 is 29.0 Å². The van der Waals surface area contributed by atoms with E-state index >= 15 is 0 Å². The summed E-state index contributed by atoms with van der Waals surface area (Å²) in [5, 5.41) is 6.16. The van der Waals surface area contributed by atoms with Crippen LogP contribution in [-0.2, 0) is 6.54 Å². The first-order valence-electron chi connectivity index (χ1n) is 8.86. The highest BCUT2D eigenvalue weighted by molar-refractivity contribution is 7.99. The minimum Gasteiger partial charge on any atom is -0.352 e. The minimum absolute atomic E-state index is 0.0152. The van der Waals surface area contributed by atoms with E-state index in [0.29, 0.717) is 11.5 Å². The molecular weight excluding hydrogens is 350 g/mol. The second-order valence-corrected chi connectivity index (χ2v) is 8.64. The molecule has 1 fully saturated rings. The van der Waals surface area contributed by atoms with Gasteiger partial charge in [0.25, 0.3) is 5.91 Å². The number of carbonyl (C=O) groups excluding carboxylic acids is 1. The standard InChI is InChI=1S/C19H25N3OS2/c1-2-24-18-12-16(5-8-20-18)19(23)21-13-15-6-9-22(10-7-15)14-17-4-3-11-25-17/h3-5,8,11-12,15H,2,6-7,9-10,13-14H2,1H3,(H,21,23). The highest BCUT2D eigenvalue weighted by atomic mass is 32.2. The second kappa shape index (κ2) is 9.36. The van der Waals surface area contributed by atoms with Crippen LogP contribution in [0.5, 0.6) is 0 Å². The van der Waals surface area contributed by atoms with Crippen molar-refractivity contribution in [2.45, 2.75) is 31.3 Å². The minimum atomic E-state index is 0.0152. The molecule has 3 heterocycles. The van der Waals surface area contributed by atoms with Crippen LogP contribution in [0, 0.1) is 5.92 Å². The van der Waals surface area contributed by atoms with Gasteiger partial charge in [-0.05, 0) is 61.2 Å². The quantitative estimate of drug-likeness (QED) is 0.746. The van der Waals surface area contributed by atoms with Gasteiger partial charge in [-0.25, -0.2) is 4.98 Å². The predicted molar refractivity (Wildman–Crippen MR) is 105 cm³/mol. The number of nitrogens with one attached hydrogen (secondary N) is 1. The Hall–Kier alpha value is -1.37. The van der Waals surface area contributed by atoms with E-state index < -0.39 is 0 Å². The molecule has 2 aromatic rings. The molecule has 1 amide bonds. The number of rotatable bonds is 7. The SMILES string of the molecule is CCSc1cc(C(=O)NCC2CCN(Cc3cccs3)CC2)ccn1. The Bertz CT molecular complexity index is 667. The van der Waals surface area contributed by atoms with Crippen LogP contribution in [-0.4, -0.2) is 41.2 Å². The Labute approximate surface area is 158 Å². The number of nitrogens with zero attached hydrogens (tertiary/aromatic N) is 2. The summed E-state index contributed by atoms with van der Waals surface area (Å²) >= 11 is 3.49. The first kappa shape index (κ1) is 18.4. The number of thioether (sulfide) groups is 1. The molecule has 1 saturated heterocycles. The van der Waals surface area contributed by atoms with Crippen molar-refractivity contribution in [2.75, 3.05) is 25.4 Å². The molecule has 2 aromatic heterocycles. The fourth-order valence-electron chi connectivity index (χ4n) is 3.09. The maximum Gasteiger partial charge on any atom is 0.251 e. The molecule has 0 saturated carbocycles. The van der Waals surface area contributed by atoms with E-state index in [1.165, 1.54) is 4.88 Å². The molecule has 25 heavy (non-hydrogen) atoms. The Kier molecular flexibility index (Phi) is 6.90. The number of hydrogen-bond acceptors (Lipinski definition) is 5. The monoisotopic (exact) mass is 375 g/mol. The molecule has 0 spiro atoms. The fraction of sp³-hybridized carbons (Fsp3) is 0.474. The van der Waals surface area contributed by atoms with Crippen LogP contribution in [0.15, 0.2) is 40.9 Å². The molecule has 0 aliphatic carbocycles. The van der Waals surface area contributed by atoms with Gasteiger partial charge in [-0.15, -0.1) is 23.1 Å². The highest BCUT2D eigenvalue weighted by Crippen LogP contribution is 2.20. The Morgan fingerprint density at radius 2 is 2.24 bits per heavy atom. The molecule has 0 unspecified atom stereocenters. The van der Waals surface area contributed by atoms with Gasteiger partial charge in [-0.2, -0.15) is 0 Å². The Morgan fingerprint density at radius 3 is 2.96 bits per heavy atom. The molecule has 1 N–H and O–H groups in total. The summed E-state index contributed by atoms with van der Waals surface area (Å²) in [5.74, 6) is 1.55. The molecule has 3 rings (SSSR count). The average molecular weight is 376 g/mol. The number of likely N-dealkylation sites (tertiary alicyclic amines) is 1. The normalized spacial score (nSPS) is 16.0. The van der Waals surface area contributed by atoms with E-state index in [0.717, 1.165) is 49.8 Å². The lowest BCUT2D eigenvalue weighted by Crippen LogP contribution is -2.38. The van der Waals surface area contributed by atoms with Crippen molar-refractivity contribution in [3.63, 3.8) is 0 Å². The van der Waals surface area contributed by atoms with E-state index in [4.69, 9.17) is 0 Å². The van der Waals surface area contributed by atoms with Gasteiger partial charge in [0, 0.05) is 29.7 Å². The number of hydrogen-bond donors (Lipinski definition) is 1. The highest BCUT2D eigenvalue weighted by Gasteiger charge is 2.20. The van der Waals surface area contributed by atoms with Gasteiger partial charge < -0.3 is 5.32 Å². The van der Waals surface area contributed by atoms with Crippen molar-refractivity contribution < 1.29 is 4.79 Å². The number of carbonyl (C=O) groups is 1. The number of thiophene rings is 1. The van der Waals surface area contributed by atoms with Crippen LogP contribution >= 0.6 is 23.1 Å². The summed E-state index contributed by atoms with van der Waals surface area (Å²) in [7, 11) is 0. The largest absolute Gasteiger partial charge is 0.352 e. The summed E-state index contributed by atoms with van der Waals surface area (Å²) in [6, 6.07) is 7.99. The Morgan fingerprint density at radius 1 is 1.40 bits per heavy atom. The summed E-state index contributed by atoms with van der Waals surface area (Å²) in [5.41, 5.74) is 0.709. The zero-order valence-corrected chi connectivity index (χ0v) is 16.2. The fourth-order valence-corrected chi connectivity index (χ4v) is 4.48. The lowest BCUT2D eigenvalue weighted by molar-refractivity contribution is 0.0935. The van der Waals surface area contributed by atoms with Crippen molar-refractivity contribution in [3.05, 3.63) is 46.3 Å². The van der Waals surface area contributed by atoms with E-state index in [1.807, 2.05) is 17.4 Å². The van der Waals surface area contributed by atoms with Crippen LogP contribution in [0.25, 0.3) is 0 Å². The van der Waals surface area contributed by atoms with Gasteiger partial charge in [0.05, 0.1) is 5.03 Å². The first-order valence-corrected chi connectivity index (χ1v) is 10.7. The summed E-state index contributed by atoms with van der Waals surface area (Å²) in [4.78, 5) is 20.6. The summed E-state index contributed by atoms with van der Waals surface area (Å²) in [6.45, 7) is 6.15. The zero-order chi connectivity index (χ0) is 17.5. The predicted octanol–water partition coefficient (Wildman–Crippen LogP) is 3.90. The van der Waals surface area contributed by atoms with Gasteiger partial charge in [0.15, 0.2) is 0 Å². The van der Waals surface area contributed by atoms with Crippen molar-refractivity contribution in [1.29, 1.82) is 0 Å². The molecule has 0 aromatic carbocycles. The van der Waals surface area contributed by atoms with E-state index in [9.17, 15) is 4.79 Å². The number of aromatic nitrogens is 1. The summed E-state index contributed by atoms with van der Waals surface area (Å²) < 4.78 is 0. The van der Waals surface area contributed by atoms with Crippen LogP contribution in [0.3, 0.4) is 0 Å². The molecule has 134 valence electrons. The second-order valence-electron chi connectivity index (χ2n) is 6.32. The molecule has 1 aliphatic heterocycles. The maximum atomic E-state index is 12.4. The molecule has 6 heteroatoms.